The number of halogens is 5. The van der Waals surface area contributed by atoms with E-state index >= 15 is 0 Å². The monoisotopic (exact) mass is 2010 g/mol. The number of imide groups is 5. The average molecular weight is 2010 g/mol. The lowest BCUT2D eigenvalue weighted by Gasteiger charge is -2.25. The van der Waals surface area contributed by atoms with E-state index in [1.807, 2.05) is 48.5 Å². The molecule has 5 saturated heterocycles. The normalized spacial score (nSPS) is 16.0. The molecule has 149 heavy (non-hydrogen) atoms. The van der Waals surface area contributed by atoms with Crippen molar-refractivity contribution in [3.8, 4) is 61.7 Å². The molecule has 15 aromatic rings. The van der Waals surface area contributed by atoms with Gasteiger partial charge in [0, 0.05) is 52.1 Å². The fourth-order valence-electron chi connectivity index (χ4n) is 18.9. The molecule has 1 saturated carbocycles. The number of nitrogens with zero attached hydrogens (tertiary/aromatic N) is 11. The summed E-state index contributed by atoms with van der Waals surface area (Å²) in [5, 5.41) is 15.7. The lowest BCUT2D eigenvalue weighted by molar-refractivity contribution is -0.149. The Bertz CT molecular complexity index is 8130. The number of primary amides is 4. The van der Waals surface area contributed by atoms with Crippen molar-refractivity contribution in [2.45, 2.75) is 124 Å². The third-order valence-corrected chi connectivity index (χ3v) is 27.2. The van der Waals surface area contributed by atoms with Gasteiger partial charge in [0.25, 0.3) is 35.4 Å². The van der Waals surface area contributed by atoms with Crippen molar-refractivity contribution in [3.05, 3.63) is 328 Å². The van der Waals surface area contributed by atoms with Gasteiger partial charge in [-0.3, -0.25) is 77.1 Å². The molecule has 1 atom stereocenters. The maximum Gasteiger partial charge on any atom is 0.417 e. The molecule has 750 valence electrons. The summed E-state index contributed by atoms with van der Waals surface area (Å²) in [4.78, 5) is 198. The number of nitriles is 1. The Morgan fingerprint density at radius 2 is 0.678 bits per heavy atom. The number of carbonyl (C=O) groups is 14. The Hall–Kier alpha value is -18.4. The van der Waals surface area contributed by atoms with Gasteiger partial charge in [0.1, 0.15) is 69.2 Å². The second kappa shape index (κ2) is 41.7. The highest BCUT2D eigenvalue weighted by atomic mass is 19.1. The van der Waals surface area contributed by atoms with Crippen LogP contribution in [0.3, 0.4) is 0 Å². The number of amides is 15. The zero-order valence-electron chi connectivity index (χ0n) is 80.8. The second-order valence-electron chi connectivity index (χ2n) is 38.0. The highest BCUT2D eigenvalue weighted by Gasteiger charge is 2.53. The quantitative estimate of drug-likeness (QED) is 0.0285. The fourth-order valence-corrected chi connectivity index (χ4v) is 18.9. The van der Waals surface area contributed by atoms with Crippen molar-refractivity contribution in [2.75, 3.05) is 6.61 Å². The summed E-state index contributed by atoms with van der Waals surface area (Å²) in [6.45, 7) is 8.92. The van der Waals surface area contributed by atoms with Crippen LogP contribution in [0.5, 0.6) is 0 Å². The highest BCUT2D eigenvalue weighted by molar-refractivity contribution is 6.11. The SMILES string of the molecule is CC1(C)NC(=O)N(Cc2ccc3c(-c4ccc(F)cc4)cc(C(N)=O)nc3c2)C1=O.CC1C(=O)N(Cc2ccc3c(-c4ccc(F)cc4)cc(C(N)=O)nc3c2)C(=O)C1(C)C.N#Cc1cc(-c2ccc(F)cc2)c2ccc(CN3C(=O)COC3=O)cc2n1.NC(=O)c1cc(-c2ccc(F)cc2)c2ccc(CN3C(=O)CC4(CCCC4)C3=O)cc2n1.NC(=O)c1cc(-c2ccc(F)cc2)c2ccc(CN3C(=O)CCCC3=O)cc2n1. The highest BCUT2D eigenvalue weighted by Crippen LogP contribution is 2.48. The maximum atomic E-state index is 13.4. The van der Waals surface area contributed by atoms with Crippen molar-refractivity contribution < 1.29 is 93.8 Å². The first-order valence-corrected chi connectivity index (χ1v) is 47.3. The lowest BCUT2D eigenvalue weighted by Crippen LogP contribution is -2.40. The number of carbonyl (C=O) groups excluding carboxylic acids is 14. The van der Waals surface area contributed by atoms with Gasteiger partial charge in [-0.25, -0.2) is 61.4 Å². The summed E-state index contributed by atoms with van der Waals surface area (Å²) in [7, 11) is 0. The van der Waals surface area contributed by atoms with Crippen LogP contribution in [0.15, 0.2) is 243 Å². The van der Waals surface area contributed by atoms with Gasteiger partial charge < -0.3 is 33.0 Å². The van der Waals surface area contributed by atoms with Gasteiger partial charge in [-0.2, -0.15) is 5.26 Å². The number of nitrogens with one attached hydrogen (secondary N) is 1. The van der Waals surface area contributed by atoms with Gasteiger partial charge >= 0.3 is 12.1 Å². The van der Waals surface area contributed by atoms with Gasteiger partial charge in [0.05, 0.1) is 71.1 Å². The molecule has 36 heteroatoms. The van der Waals surface area contributed by atoms with Crippen molar-refractivity contribution >= 4 is 138 Å². The average Bonchev–Trinajstić information content (AvgIpc) is 1.56. The second-order valence-corrected chi connectivity index (χ2v) is 38.0. The number of benzene rings is 10. The molecule has 5 aromatic heterocycles. The van der Waals surface area contributed by atoms with Crippen LogP contribution in [0.25, 0.3) is 110 Å². The number of pyridine rings is 5. The molecule has 0 bridgehead atoms. The topological polar surface area (TPSA) is 469 Å². The Kier molecular flexibility index (Phi) is 28.6. The van der Waals surface area contributed by atoms with E-state index in [1.165, 1.54) is 75.4 Å². The molecule has 21 rings (SSSR count). The van der Waals surface area contributed by atoms with Gasteiger partial charge in [-0.15, -0.1) is 0 Å². The van der Waals surface area contributed by atoms with E-state index in [4.69, 9.17) is 27.7 Å². The van der Waals surface area contributed by atoms with Gasteiger partial charge in [0.15, 0.2) is 6.61 Å². The summed E-state index contributed by atoms with van der Waals surface area (Å²) in [5.41, 5.74) is 33.4. The Labute approximate surface area is 847 Å². The third kappa shape index (κ3) is 21.6. The Morgan fingerprint density at radius 3 is 0.973 bits per heavy atom. The number of ether oxygens (including phenoxy) is 1. The summed E-state index contributed by atoms with van der Waals surface area (Å²) in [5.74, 6) is -6.65. The van der Waals surface area contributed by atoms with Crippen molar-refractivity contribution in [1.29, 1.82) is 5.26 Å². The number of fused-ring (bicyclic) bond motifs is 5. The van der Waals surface area contributed by atoms with Crippen molar-refractivity contribution in [3.63, 3.8) is 0 Å². The molecule has 1 unspecified atom stereocenters. The fraction of sp³-hybridized carbons (Fsp3) is 0.204. The molecule has 1 aliphatic carbocycles. The van der Waals surface area contributed by atoms with Crippen LogP contribution >= 0.6 is 0 Å². The number of aromatic nitrogens is 5. The zero-order valence-corrected chi connectivity index (χ0v) is 80.8. The van der Waals surface area contributed by atoms with E-state index in [2.05, 4.69) is 30.2 Å². The number of cyclic esters (lactones) is 1. The van der Waals surface area contributed by atoms with Crippen LogP contribution in [0.4, 0.5) is 31.5 Å². The largest absolute Gasteiger partial charge is 0.439 e. The number of hydrogen-bond acceptors (Lipinski definition) is 21. The van der Waals surface area contributed by atoms with Gasteiger partial charge in [-0.05, 0) is 238 Å². The standard InChI is InChI=1S/C25H22FN3O3.C24H22FN3O3.C22H19FN4O3.C22H18FN3O3.C20H12FN3O3/c26-17-6-4-16(5-7-17)19-12-21(23(27)31)28-20-11-15(3-8-18(19)20)14-29-22(30)13-25(24(29)32)9-1-2-10-25;1-13-22(30)28(23(31)24(13,2)3)12-14-4-9-17-18(15-5-7-16(25)8-6-15)11-20(21(26)29)27-19(17)10-14;1-22(2)20(29)27(21(30)26-22)11-12-3-8-15-16(13-4-6-14(23)7-5-13)10-18(19(24)28)25-17(15)9-12;23-15-7-5-14(6-8-15)17-11-19(22(24)29)25-18-10-13(4-9-16(17)18)12-26-20(27)2-1-3-21(26)28;21-14-4-2-13(3-5-14)17-8-15(9-22)23-18-7-12(1-6-16(17)18)10-24-19(25)11-27-20(24)26/h3-8,11-12H,1-2,9-10,13-14H2,(H2,27,31);4-11,13H,12H2,1-3H3,(H2,26,29);3-10H,11H2,1-2H3,(H2,24,28)(H,26,30);4-11H,1-3,12H2,(H2,24,29);1-8H,10-11H2. The minimum Gasteiger partial charge on any atom is -0.439 e. The predicted molar refractivity (Wildman–Crippen MR) is 539 cm³/mol. The number of rotatable bonds is 19. The molecular formula is C113H93F5N16O15. The Balaban J connectivity index is 0.000000127. The number of likely N-dealkylation sites (tertiary alicyclic amines) is 3. The van der Waals surface area contributed by atoms with Crippen molar-refractivity contribution in [2.24, 2.45) is 39.7 Å². The minimum absolute atomic E-state index is 0.0649. The smallest absolute Gasteiger partial charge is 0.417 e. The lowest BCUT2D eigenvalue weighted by atomic mass is 9.82. The number of nitrogens with two attached hydrogens (primary N) is 4. The van der Waals surface area contributed by atoms with Crippen LogP contribution in [-0.2, 0) is 75.8 Å². The van der Waals surface area contributed by atoms with Crippen molar-refractivity contribution in [1.82, 2.24) is 54.7 Å². The first-order chi connectivity index (χ1) is 71.1. The van der Waals surface area contributed by atoms with E-state index in [0.29, 0.717) is 96.9 Å². The summed E-state index contributed by atoms with van der Waals surface area (Å²) >= 11 is 0. The summed E-state index contributed by atoms with van der Waals surface area (Å²) in [6, 6.07) is 66.0. The van der Waals surface area contributed by atoms with Crippen LogP contribution < -0.4 is 28.3 Å². The van der Waals surface area contributed by atoms with Crippen LogP contribution in [0.2, 0.25) is 0 Å². The Morgan fingerprint density at radius 1 is 0.369 bits per heavy atom. The molecule has 31 nitrogen and oxygen atoms in total. The van der Waals surface area contributed by atoms with Gasteiger partial charge in [-0.1, -0.05) is 155 Å². The van der Waals surface area contributed by atoms with Crippen LogP contribution in [-0.4, -0.2) is 145 Å². The molecule has 5 aliphatic heterocycles. The molecule has 6 fully saturated rings. The van der Waals surface area contributed by atoms with E-state index in [1.54, 1.807) is 174 Å². The molecule has 1 spiro atoms. The van der Waals surface area contributed by atoms with Crippen LogP contribution in [0.1, 0.15) is 161 Å². The maximum absolute atomic E-state index is 13.4. The minimum atomic E-state index is -0.957. The van der Waals surface area contributed by atoms with E-state index < -0.39 is 63.9 Å². The van der Waals surface area contributed by atoms with E-state index in [9.17, 15) is 94.3 Å². The molecular weight excluding hydrogens is 1920 g/mol. The van der Waals surface area contributed by atoms with E-state index in [0.717, 1.165) is 95.8 Å². The summed E-state index contributed by atoms with van der Waals surface area (Å²) < 4.78 is 71.4. The molecule has 9 N–H and O–H groups in total. The molecule has 15 amide bonds. The van der Waals surface area contributed by atoms with Crippen LogP contribution in [0, 0.1) is 57.2 Å². The third-order valence-electron chi connectivity index (χ3n) is 27.2. The predicted octanol–water partition coefficient (Wildman–Crippen LogP) is 17.2. The van der Waals surface area contributed by atoms with Gasteiger partial charge in [0.2, 0.25) is 35.4 Å². The summed E-state index contributed by atoms with van der Waals surface area (Å²) in [6.07, 6.45) is 4.42. The molecule has 6 aliphatic rings. The van der Waals surface area contributed by atoms with E-state index in [-0.39, 0.29) is 145 Å². The zero-order chi connectivity index (χ0) is 106. The first-order valence-electron chi connectivity index (χ1n) is 47.3. The molecule has 10 heterocycles. The molecule has 10 aromatic carbocycles. The molecule has 0 radical (unpaired) electrons. The number of urea groups is 1. The first kappa shape index (κ1) is 102. The number of piperidine rings is 1. The number of hydrogen-bond donors (Lipinski definition) is 5.